The van der Waals surface area contributed by atoms with E-state index in [1.807, 2.05) is 0 Å². The summed E-state index contributed by atoms with van der Waals surface area (Å²) in [5, 5.41) is 3.11. The van der Waals surface area contributed by atoms with E-state index in [1.54, 1.807) is 12.1 Å². The zero-order chi connectivity index (χ0) is 16.8. The normalized spacial score (nSPS) is 22.1. The fourth-order valence-corrected chi connectivity index (χ4v) is 4.08. The molecular weight excluding hydrogens is 303 g/mol. The zero-order valence-electron chi connectivity index (χ0n) is 14.5. The summed E-state index contributed by atoms with van der Waals surface area (Å²) in [4.78, 5) is 14.6. The summed E-state index contributed by atoms with van der Waals surface area (Å²) in [6, 6.07) is 7.35. The van der Waals surface area contributed by atoms with Gasteiger partial charge in [-0.05, 0) is 62.3 Å². The van der Waals surface area contributed by atoms with Crippen LogP contribution in [0.25, 0.3) is 0 Å². The lowest BCUT2D eigenvalue weighted by atomic mass is 10.1. The predicted octanol–water partition coefficient (Wildman–Crippen LogP) is 3.53. The van der Waals surface area contributed by atoms with Crippen molar-refractivity contribution in [1.82, 2.24) is 10.2 Å². The largest absolute Gasteiger partial charge is 0.356 e. The molecule has 1 N–H and O–H groups in total. The van der Waals surface area contributed by atoms with Crippen LogP contribution < -0.4 is 5.32 Å². The Labute approximate surface area is 144 Å². The van der Waals surface area contributed by atoms with Crippen LogP contribution in [-0.4, -0.2) is 36.5 Å². The van der Waals surface area contributed by atoms with Gasteiger partial charge in [0.2, 0.25) is 5.91 Å². The molecule has 3 nitrogen and oxygen atoms in total. The molecule has 1 aliphatic carbocycles. The van der Waals surface area contributed by atoms with Crippen molar-refractivity contribution in [3.63, 3.8) is 0 Å². The van der Waals surface area contributed by atoms with Crippen molar-refractivity contribution in [2.24, 2.45) is 5.92 Å². The molecule has 2 fully saturated rings. The predicted molar refractivity (Wildman–Crippen MR) is 94.3 cm³/mol. The number of benzene rings is 1. The Morgan fingerprint density at radius 3 is 2.67 bits per heavy atom. The molecule has 0 unspecified atom stereocenters. The van der Waals surface area contributed by atoms with E-state index < -0.39 is 0 Å². The highest BCUT2D eigenvalue weighted by Gasteiger charge is 2.29. The number of carbonyl (C=O) groups excluding carboxylic acids is 1. The second-order valence-electron chi connectivity index (χ2n) is 7.37. The second kappa shape index (κ2) is 8.61. The zero-order valence-corrected chi connectivity index (χ0v) is 14.5. The number of aryl methyl sites for hydroxylation is 1. The van der Waals surface area contributed by atoms with Gasteiger partial charge in [-0.3, -0.25) is 4.79 Å². The lowest BCUT2D eigenvalue weighted by Gasteiger charge is -2.23. The van der Waals surface area contributed by atoms with Crippen LogP contribution in [0.15, 0.2) is 24.3 Å². The molecule has 1 aliphatic heterocycles. The smallest absolute Gasteiger partial charge is 0.220 e. The van der Waals surface area contributed by atoms with E-state index in [1.165, 1.54) is 50.8 Å². The van der Waals surface area contributed by atoms with Crippen molar-refractivity contribution < 1.29 is 9.18 Å². The van der Waals surface area contributed by atoms with Crippen LogP contribution in [0.3, 0.4) is 0 Å². The third-order valence-electron chi connectivity index (χ3n) is 5.53. The standard InChI is InChI=1S/C20H29FN2O/c21-18-10-8-16(9-11-18)4-3-7-20(24)22-14-17-12-13-23(15-17)19-5-1-2-6-19/h8-11,17,19H,1-7,12-15H2,(H,22,24)/t17-/m1/s1. The van der Waals surface area contributed by atoms with Crippen molar-refractivity contribution in [2.45, 2.75) is 57.4 Å². The summed E-state index contributed by atoms with van der Waals surface area (Å²) in [6.07, 6.45) is 8.91. The molecule has 1 amide bonds. The Hall–Kier alpha value is -1.42. The molecule has 4 heteroatoms. The van der Waals surface area contributed by atoms with E-state index >= 15 is 0 Å². The number of halogens is 1. The maximum atomic E-state index is 12.8. The third kappa shape index (κ3) is 5.04. The van der Waals surface area contributed by atoms with Gasteiger partial charge in [-0.15, -0.1) is 0 Å². The minimum Gasteiger partial charge on any atom is -0.356 e. The number of amides is 1. The molecule has 0 aromatic heterocycles. The molecule has 1 aromatic rings. The summed E-state index contributed by atoms with van der Waals surface area (Å²) in [5.74, 6) is 0.558. The number of carbonyl (C=O) groups is 1. The Morgan fingerprint density at radius 1 is 1.17 bits per heavy atom. The van der Waals surface area contributed by atoms with Crippen LogP contribution in [0.2, 0.25) is 0 Å². The van der Waals surface area contributed by atoms with Crippen LogP contribution in [0.1, 0.15) is 50.5 Å². The minimum absolute atomic E-state index is 0.149. The Morgan fingerprint density at radius 2 is 1.92 bits per heavy atom. The third-order valence-corrected chi connectivity index (χ3v) is 5.53. The van der Waals surface area contributed by atoms with Gasteiger partial charge in [-0.1, -0.05) is 25.0 Å². The SMILES string of the molecule is O=C(CCCc1ccc(F)cc1)NC[C@H]1CCN(C2CCCC2)C1. The first-order valence-corrected chi connectivity index (χ1v) is 9.46. The minimum atomic E-state index is -0.209. The topological polar surface area (TPSA) is 32.3 Å². The molecule has 24 heavy (non-hydrogen) atoms. The summed E-state index contributed by atoms with van der Waals surface area (Å²) in [5.41, 5.74) is 1.09. The Bertz CT molecular complexity index is 525. The molecule has 0 bridgehead atoms. The number of rotatable bonds is 7. The average molecular weight is 332 g/mol. The molecule has 1 saturated carbocycles. The Kier molecular flexibility index (Phi) is 6.24. The van der Waals surface area contributed by atoms with Crippen LogP contribution in [0.5, 0.6) is 0 Å². The van der Waals surface area contributed by atoms with Crippen LogP contribution in [0.4, 0.5) is 4.39 Å². The van der Waals surface area contributed by atoms with Gasteiger partial charge in [0, 0.05) is 25.6 Å². The van der Waals surface area contributed by atoms with Gasteiger partial charge >= 0.3 is 0 Å². The highest BCUT2D eigenvalue weighted by Crippen LogP contribution is 2.28. The summed E-state index contributed by atoms with van der Waals surface area (Å²) in [6.45, 7) is 3.18. The number of hydrogen-bond acceptors (Lipinski definition) is 2. The van der Waals surface area contributed by atoms with E-state index in [4.69, 9.17) is 0 Å². The van der Waals surface area contributed by atoms with Crippen LogP contribution in [-0.2, 0) is 11.2 Å². The molecule has 1 saturated heterocycles. The molecule has 3 rings (SSSR count). The lowest BCUT2D eigenvalue weighted by Crippen LogP contribution is -2.34. The molecule has 0 spiro atoms. The van der Waals surface area contributed by atoms with Gasteiger partial charge in [0.1, 0.15) is 5.82 Å². The first-order valence-electron chi connectivity index (χ1n) is 9.46. The van der Waals surface area contributed by atoms with Crippen molar-refractivity contribution in [3.05, 3.63) is 35.6 Å². The summed E-state index contributed by atoms with van der Waals surface area (Å²) >= 11 is 0. The molecule has 1 heterocycles. The van der Waals surface area contributed by atoms with Gasteiger partial charge in [0.25, 0.3) is 0 Å². The molecule has 0 radical (unpaired) electrons. The second-order valence-corrected chi connectivity index (χ2v) is 7.37. The van der Waals surface area contributed by atoms with Crippen LogP contribution in [0, 0.1) is 11.7 Å². The number of nitrogens with one attached hydrogen (secondary N) is 1. The van der Waals surface area contributed by atoms with Crippen molar-refractivity contribution in [3.8, 4) is 0 Å². The van der Waals surface area contributed by atoms with Gasteiger partial charge in [0.05, 0.1) is 0 Å². The fourth-order valence-electron chi connectivity index (χ4n) is 4.08. The summed E-state index contributed by atoms with van der Waals surface area (Å²) < 4.78 is 12.8. The van der Waals surface area contributed by atoms with Crippen LogP contribution >= 0.6 is 0 Å². The van der Waals surface area contributed by atoms with Gasteiger partial charge in [-0.25, -0.2) is 4.39 Å². The average Bonchev–Trinajstić information content (AvgIpc) is 3.26. The lowest BCUT2D eigenvalue weighted by molar-refractivity contribution is -0.121. The fraction of sp³-hybridized carbons (Fsp3) is 0.650. The molecule has 132 valence electrons. The van der Waals surface area contributed by atoms with E-state index in [9.17, 15) is 9.18 Å². The Balaban J connectivity index is 1.29. The van der Waals surface area contributed by atoms with Crippen molar-refractivity contribution in [2.75, 3.05) is 19.6 Å². The first-order chi connectivity index (χ1) is 11.7. The highest BCUT2D eigenvalue weighted by atomic mass is 19.1. The van der Waals surface area contributed by atoms with Crippen molar-refractivity contribution in [1.29, 1.82) is 0 Å². The van der Waals surface area contributed by atoms with Gasteiger partial charge in [-0.2, -0.15) is 0 Å². The number of nitrogens with zero attached hydrogens (tertiary/aromatic N) is 1. The molecule has 1 aromatic carbocycles. The van der Waals surface area contributed by atoms with Crippen molar-refractivity contribution >= 4 is 5.91 Å². The van der Waals surface area contributed by atoms with Gasteiger partial charge < -0.3 is 10.2 Å². The summed E-state index contributed by atoms with van der Waals surface area (Å²) in [7, 11) is 0. The molecule has 1 atom stereocenters. The highest BCUT2D eigenvalue weighted by molar-refractivity contribution is 5.75. The first kappa shape index (κ1) is 17.4. The monoisotopic (exact) mass is 332 g/mol. The van der Waals surface area contributed by atoms with E-state index in [0.717, 1.165) is 37.5 Å². The van der Waals surface area contributed by atoms with E-state index in [-0.39, 0.29) is 11.7 Å². The van der Waals surface area contributed by atoms with E-state index in [2.05, 4.69) is 10.2 Å². The number of hydrogen-bond donors (Lipinski definition) is 1. The number of likely N-dealkylation sites (tertiary alicyclic amines) is 1. The maximum Gasteiger partial charge on any atom is 0.220 e. The molecular formula is C20H29FN2O. The maximum absolute atomic E-state index is 12.8. The quantitative estimate of drug-likeness (QED) is 0.828. The van der Waals surface area contributed by atoms with E-state index in [0.29, 0.717) is 12.3 Å². The molecule has 2 aliphatic rings. The van der Waals surface area contributed by atoms with Gasteiger partial charge in [0.15, 0.2) is 0 Å².